The van der Waals surface area contributed by atoms with E-state index in [0.29, 0.717) is 45.1 Å². The number of carbonyl (C=O) groups excluding carboxylic acids is 2. The van der Waals surface area contributed by atoms with Crippen LogP contribution >= 0.6 is 0 Å². The number of benzene rings is 1. The maximum atomic E-state index is 12.5. The van der Waals surface area contributed by atoms with Crippen molar-refractivity contribution in [3.63, 3.8) is 0 Å². The first-order chi connectivity index (χ1) is 19.7. The zero-order chi connectivity index (χ0) is 30.0. The van der Waals surface area contributed by atoms with Crippen LogP contribution in [-0.4, -0.2) is 68.6 Å². The van der Waals surface area contributed by atoms with Crippen LogP contribution in [0.15, 0.2) is 54.6 Å². The highest BCUT2D eigenvalue weighted by atomic mass is 16.9. The van der Waals surface area contributed by atoms with Crippen molar-refractivity contribution in [2.75, 3.05) is 13.2 Å². The van der Waals surface area contributed by atoms with Crippen molar-refractivity contribution in [3.8, 4) is 0 Å². The number of allylic oxidation sites excluding steroid dienone is 1. The molecule has 2 rings (SSSR count). The number of imide groups is 1. The molecule has 0 spiro atoms. The largest absolute Gasteiger partial charge is 0.392 e. The number of unbranched alkanes of at least 4 members (excludes halogenated alkanes) is 4. The number of carbonyl (C=O) groups is 2. The van der Waals surface area contributed by atoms with E-state index in [2.05, 4.69) is 4.84 Å². The molecule has 0 aliphatic heterocycles. The smallest absolute Gasteiger partial charge is 0.294 e. The van der Waals surface area contributed by atoms with E-state index in [4.69, 9.17) is 0 Å². The lowest BCUT2D eigenvalue weighted by Gasteiger charge is -2.19. The fraction of sp³-hybridized carbons (Fsp3) is 0.613. The molecule has 1 aliphatic rings. The number of aryl methyl sites for hydroxylation is 1. The maximum absolute atomic E-state index is 12.5. The minimum absolute atomic E-state index is 0.00201. The van der Waals surface area contributed by atoms with E-state index in [0.717, 1.165) is 18.4 Å². The molecule has 1 aromatic carbocycles. The second-order valence-corrected chi connectivity index (χ2v) is 10.6. The van der Waals surface area contributed by atoms with Gasteiger partial charge in [-0.15, -0.1) is 10.1 Å². The topological polar surface area (TPSA) is 150 Å². The number of hydrogen-bond acceptors (Lipinski definition) is 8. The first kappa shape index (κ1) is 34.1. The summed E-state index contributed by atoms with van der Waals surface area (Å²) in [5.74, 6) is -0.961. The quantitative estimate of drug-likeness (QED) is 0.0965. The average molecular weight is 575 g/mol. The van der Waals surface area contributed by atoms with E-state index in [9.17, 15) is 35.0 Å². The Balaban J connectivity index is 1.70. The zero-order valence-electron chi connectivity index (χ0n) is 24.1. The molecule has 1 aromatic rings. The monoisotopic (exact) mass is 574 g/mol. The Kier molecular flexibility index (Phi) is 15.9. The molecule has 1 fully saturated rings. The predicted molar refractivity (Wildman–Crippen MR) is 155 cm³/mol. The van der Waals surface area contributed by atoms with Gasteiger partial charge in [-0.05, 0) is 57.4 Å². The van der Waals surface area contributed by atoms with Crippen molar-refractivity contribution in [2.24, 2.45) is 11.8 Å². The minimum Gasteiger partial charge on any atom is -0.392 e. The molecule has 10 nitrogen and oxygen atoms in total. The molecule has 2 amide bonds. The lowest BCUT2D eigenvalue weighted by atomic mass is 9.91. The second kappa shape index (κ2) is 19.1. The highest BCUT2D eigenvalue weighted by molar-refractivity contribution is 5.95. The molecule has 0 saturated heterocycles. The van der Waals surface area contributed by atoms with E-state index in [1.807, 2.05) is 48.6 Å². The summed E-state index contributed by atoms with van der Waals surface area (Å²) in [4.78, 5) is 40.6. The molecule has 1 saturated carbocycles. The number of nitrogens with zero attached hydrogens (tertiary/aromatic N) is 2. The molecule has 0 heterocycles. The van der Waals surface area contributed by atoms with Gasteiger partial charge < -0.3 is 20.2 Å². The molecule has 0 radical (unpaired) electrons. The van der Waals surface area contributed by atoms with E-state index in [-0.39, 0.29) is 49.5 Å². The first-order valence-corrected chi connectivity index (χ1v) is 14.8. The lowest BCUT2D eigenvalue weighted by Crippen LogP contribution is -2.36. The van der Waals surface area contributed by atoms with E-state index < -0.39 is 23.4 Å². The molecule has 1 aliphatic carbocycles. The van der Waals surface area contributed by atoms with Crippen LogP contribution in [0.2, 0.25) is 0 Å². The van der Waals surface area contributed by atoms with Gasteiger partial charge in [0, 0.05) is 37.6 Å². The van der Waals surface area contributed by atoms with Crippen molar-refractivity contribution in [3.05, 3.63) is 70.3 Å². The van der Waals surface area contributed by atoms with Crippen LogP contribution in [0, 0.1) is 22.0 Å². The van der Waals surface area contributed by atoms with Gasteiger partial charge in [0.25, 0.3) is 5.09 Å². The Morgan fingerprint density at radius 3 is 2.29 bits per heavy atom. The molecule has 0 bridgehead atoms. The highest BCUT2D eigenvalue weighted by Gasteiger charge is 2.38. The fourth-order valence-electron chi connectivity index (χ4n) is 5.15. The van der Waals surface area contributed by atoms with Crippen molar-refractivity contribution in [1.29, 1.82) is 0 Å². The summed E-state index contributed by atoms with van der Waals surface area (Å²) in [7, 11) is 0. The van der Waals surface area contributed by atoms with Crippen molar-refractivity contribution < 1.29 is 34.8 Å². The molecular formula is C31H46N2O8. The fourth-order valence-corrected chi connectivity index (χ4v) is 5.15. The Morgan fingerprint density at radius 1 is 1.02 bits per heavy atom. The number of amides is 2. The molecule has 3 N–H and O–H groups in total. The zero-order valence-corrected chi connectivity index (χ0v) is 24.1. The molecule has 5 atom stereocenters. The minimum atomic E-state index is -0.836. The van der Waals surface area contributed by atoms with Gasteiger partial charge in [-0.2, -0.15) is 0 Å². The second-order valence-electron chi connectivity index (χ2n) is 10.6. The van der Waals surface area contributed by atoms with Crippen LogP contribution in [0.3, 0.4) is 0 Å². The maximum Gasteiger partial charge on any atom is 0.294 e. The molecule has 0 unspecified atom stereocenters. The third-order valence-corrected chi connectivity index (χ3v) is 7.46. The van der Waals surface area contributed by atoms with Crippen molar-refractivity contribution in [1.82, 2.24) is 4.90 Å². The van der Waals surface area contributed by atoms with E-state index >= 15 is 0 Å². The molecular weight excluding hydrogens is 528 g/mol. The SMILES string of the molecule is CCN(C(=O)CCCCC=C[C@@H]1[C@@H](/C=C/[C@@H](O)CCc2ccccc2)[C@H](O)C[C@@H]1O)C(=O)CCCCCO[N+](=O)[O-]. The number of aliphatic hydroxyl groups excluding tert-OH is 3. The summed E-state index contributed by atoms with van der Waals surface area (Å²) in [5, 5.41) is 40.6. The Morgan fingerprint density at radius 2 is 1.66 bits per heavy atom. The van der Waals surface area contributed by atoms with Crippen LogP contribution in [-0.2, 0) is 20.8 Å². The average Bonchev–Trinajstić information content (AvgIpc) is 3.22. The summed E-state index contributed by atoms with van der Waals surface area (Å²) >= 11 is 0. The van der Waals surface area contributed by atoms with Crippen LogP contribution in [0.1, 0.15) is 76.7 Å². The standard InChI is InChI=1S/C31H46N2O8/c1-2-32(31(38)17-11-6-12-22-41-33(39)40)30(37)16-10-4-3-9-15-26-27(29(36)23-28(26)35)21-20-25(34)19-18-24-13-7-5-8-14-24/h5,7-9,13-15,20-21,25-29,34-36H,2-4,6,10-12,16-19,22-23H2,1H3/b15-9?,21-20+/t25-,26+,27+,28-,29+/m0/s1. The van der Waals surface area contributed by atoms with Gasteiger partial charge in [0.2, 0.25) is 11.8 Å². The van der Waals surface area contributed by atoms with E-state index in [1.54, 1.807) is 13.0 Å². The number of hydrogen-bond donors (Lipinski definition) is 3. The Bertz CT molecular complexity index is 984. The number of rotatable bonds is 19. The summed E-state index contributed by atoms with van der Waals surface area (Å²) in [6.07, 6.45) is 11.2. The number of aliphatic hydroxyl groups is 3. The third-order valence-electron chi connectivity index (χ3n) is 7.46. The van der Waals surface area contributed by atoms with Gasteiger partial charge in [0.1, 0.15) is 0 Å². The summed E-state index contributed by atoms with van der Waals surface area (Å²) < 4.78 is 0. The molecule has 228 valence electrons. The van der Waals surface area contributed by atoms with Gasteiger partial charge >= 0.3 is 0 Å². The van der Waals surface area contributed by atoms with Crippen LogP contribution < -0.4 is 0 Å². The molecule has 10 heteroatoms. The van der Waals surface area contributed by atoms with Gasteiger partial charge in [-0.25, -0.2) is 0 Å². The lowest BCUT2D eigenvalue weighted by molar-refractivity contribution is -0.757. The van der Waals surface area contributed by atoms with Gasteiger partial charge in [0.05, 0.1) is 24.9 Å². The highest BCUT2D eigenvalue weighted by Crippen LogP contribution is 2.35. The van der Waals surface area contributed by atoms with Crippen LogP contribution in [0.25, 0.3) is 0 Å². The van der Waals surface area contributed by atoms with E-state index in [1.165, 1.54) is 4.90 Å². The summed E-state index contributed by atoms with van der Waals surface area (Å²) in [6.45, 7) is 2.07. The Labute approximate surface area is 242 Å². The first-order valence-electron chi connectivity index (χ1n) is 14.8. The van der Waals surface area contributed by atoms with Crippen LogP contribution in [0.5, 0.6) is 0 Å². The predicted octanol–water partition coefficient (Wildman–Crippen LogP) is 4.15. The molecule has 0 aromatic heterocycles. The summed E-state index contributed by atoms with van der Waals surface area (Å²) in [6, 6.07) is 9.94. The normalized spacial score (nSPS) is 21.4. The van der Waals surface area contributed by atoms with Gasteiger partial charge in [-0.1, -0.05) is 61.1 Å². The van der Waals surface area contributed by atoms with Crippen LogP contribution in [0.4, 0.5) is 0 Å². The van der Waals surface area contributed by atoms with Gasteiger partial charge in [-0.3, -0.25) is 14.5 Å². The van der Waals surface area contributed by atoms with Crippen molar-refractivity contribution in [2.45, 2.75) is 95.9 Å². The summed E-state index contributed by atoms with van der Waals surface area (Å²) in [5.41, 5.74) is 1.16. The Hall–Kier alpha value is -3.08. The third kappa shape index (κ3) is 13.0. The molecule has 41 heavy (non-hydrogen) atoms. The van der Waals surface area contributed by atoms with Crippen molar-refractivity contribution >= 4 is 11.8 Å². The van der Waals surface area contributed by atoms with Gasteiger partial charge in [0.15, 0.2) is 0 Å².